The number of benzene rings is 2. The van der Waals surface area contributed by atoms with Crippen molar-refractivity contribution in [3.63, 3.8) is 0 Å². The van der Waals surface area contributed by atoms with E-state index < -0.39 is 11.9 Å². The van der Waals surface area contributed by atoms with Gasteiger partial charge < -0.3 is 10.4 Å². The van der Waals surface area contributed by atoms with Crippen LogP contribution < -0.4 is 5.32 Å². The highest BCUT2D eigenvalue weighted by Gasteiger charge is 2.27. The molecule has 0 bridgehead atoms. The molecule has 2 atom stereocenters. The van der Waals surface area contributed by atoms with Gasteiger partial charge in [-0.1, -0.05) is 42.5 Å². The molecule has 1 heterocycles. The van der Waals surface area contributed by atoms with Crippen LogP contribution in [0.25, 0.3) is 0 Å². The van der Waals surface area contributed by atoms with Crippen LogP contribution in [0.4, 0.5) is 4.39 Å². The lowest BCUT2D eigenvalue weighted by Crippen LogP contribution is -2.33. The molecule has 0 radical (unpaired) electrons. The molecule has 0 spiro atoms. The molecule has 0 saturated heterocycles. The molecule has 2 N–H and O–H groups in total. The first kappa shape index (κ1) is 16.0. The molecule has 120 valence electrons. The van der Waals surface area contributed by atoms with Crippen LogP contribution in [0, 0.1) is 5.82 Å². The molecule has 1 aliphatic rings. The number of nitrogens with one attached hydrogen (secondary N) is 1. The molecule has 2 aromatic rings. The number of fused-ring (bicyclic) bond motifs is 1. The molecular weight excluding hydrogens is 313 g/mol. The van der Waals surface area contributed by atoms with Crippen LogP contribution in [-0.4, -0.2) is 23.3 Å². The summed E-state index contributed by atoms with van der Waals surface area (Å²) < 4.78 is 13.6. The van der Waals surface area contributed by atoms with Gasteiger partial charge in [0.1, 0.15) is 11.1 Å². The van der Waals surface area contributed by atoms with Gasteiger partial charge in [0.15, 0.2) is 0 Å². The average molecular weight is 331 g/mol. The van der Waals surface area contributed by atoms with Gasteiger partial charge in [0, 0.05) is 12.1 Å². The van der Waals surface area contributed by atoms with Gasteiger partial charge in [-0.25, -0.2) is 4.39 Å². The van der Waals surface area contributed by atoms with E-state index in [1.807, 2.05) is 24.3 Å². The Morgan fingerprint density at radius 3 is 2.83 bits per heavy atom. The molecular formula is C18H18FNO2S. The minimum atomic E-state index is -1.05. The number of halogens is 1. The summed E-state index contributed by atoms with van der Waals surface area (Å²) in [6.45, 7) is -0.000998. The molecule has 1 aliphatic heterocycles. The van der Waals surface area contributed by atoms with Gasteiger partial charge in [0.05, 0.1) is 6.10 Å². The third-order valence-corrected chi connectivity index (χ3v) is 5.21. The standard InChI is InChI=1S/C18H18FNO2S/c19-15-8-4-3-7-14(15)16(21)11-20-18(22)17-13-6-2-1-5-12(13)9-10-23-17/h1-8,16-17,21H,9-11H2,(H,20,22). The Hall–Kier alpha value is -1.85. The highest BCUT2D eigenvalue weighted by atomic mass is 32.2. The summed E-state index contributed by atoms with van der Waals surface area (Å²) in [7, 11) is 0. The lowest BCUT2D eigenvalue weighted by Gasteiger charge is -2.24. The van der Waals surface area contributed by atoms with E-state index in [9.17, 15) is 14.3 Å². The van der Waals surface area contributed by atoms with Crippen LogP contribution in [0.15, 0.2) is 48.5 Å². The molecule has 0 saturated carbocycles. The van der Waals surface area contributed by atoms with E-state index in [4.69, 9.17) is 0 Å². The fourth-order valence-corrected chi connectivity index (χ4v) is 3.97. The fourth-order valence-electron chi connectivity index (χ4n) is 2.76. The van der Waals surface area contributed by atoms with E-state index >= 15 is 0 Å². The molecule has 2 aromatic carbocycles. The molecule has 2 unspecified atom stereocenters. The molecule has 1 amide bonds. The number of rotatable bonds is 4. The highest BCUT2D eigenvalue weighted by Crippen LogP contribution is 2.36. The van der Waals surface area contributed by atoms with Crippen molar-refractivity contribution in [2.24, 2.45) is 0 Å². The Morgan fingerprint density at radius 1 is 1.26 bits per heavy atom. The molecule has 0 aliphatic carbocycles. The van der Waals surface area contributed by atoms with Gasteiger partial charge in [-0.05, 0) is 29.4 Å². The third-order valence-electron chi connectivity index (χ3n) is 3.97. The summed E-state index contributed by atoms with van der Waals surface area (Å²) >= 11 is 1.60. The number of aliphatic hydroxyl groups excluding tert-OH is 1. The first-order valence-corrected chi connectivity index (χ1v) is 8.61. The third kappa shape index (κ3) is 3.57. The van der Waals surface area contributed by atoms with Crippen molar-refractivity contribution in [2.75, 3.05) is 12.3 Å². The predicted octanol–water partition coefficient (Wildman–Crippen LogP) is 3.01. The van der Waals surface area contributed by atoms with E-state index in [0.717, 1.165) is 17.7 Å². The van der Waals surface area contributed by atoms with Crippen LogP contribution in [-0.2, 0) is 11.2 Å². The Balaban J connectivity index is 1.66. The van der Waals surface area contributed by atoms with Crippen molar-refractivity contribution in [3.05, 3.63) is 71.0 Å². The van der Waals surface area contributed by atoms with Crippen molar-refractivity contribution in [3.8, 4) is 0 Å². The van der Waals surface area contributed by atoms with Crippen LogP contribution in [0.3, 0.4) is 0 Å². The number of aliphatic hydroxyl groups is 1. The molecule has 3 nitrogen and oxygen atoms in total. The Labute approximate surface area is 138 Å². The topological polar surface area (TPSA) is 49.3 Å². The lowest BCUT2D eigenvalue weighted by molar-refractivity contribution is -0.121. The number of hydrogen-bond acceptors (Lipinski definition) is 3. The van der Waals surface area contributed by atoms with Crippen molar-refractivity contribution in [1.82, 2.24) is 5.32 Å². The van der Waals surface area contributed by atoms with Gasteiger partial charge in [-0.3, -0.25) is 4.79 Å². The summed E-state index contributed by atoms with van der Waals surface area (Å²) in [5.74, 6) is 0.287. The number of aryl methyl sites for hydroxylation is 1. The lowest BCUT2D eigenvalue weighted by atomic mass is 10.0. The van der Waals surface area contributed by atoms with Crippen molar-refractivity contribution >= 4 is 17.7 Å². The van der Waals surface area contributed by atoms with Gasteiger partial charge in [-0.2, -0.15) is 0 Å². The Kier molecular flexibility index (Phi) is 4.98. The summed E-state index contributed by atoms with van der Waals surface area (Å²) in [6.07, 6.45) is -0.0911. The monoisotopic (exact) mass is 331 g/mol. The average Bonchev–Trinajstić information content (AvgIpc) is 2.59. The smallest absolute Gasteiger partial charge is 0.237 e. The second-order valence-electron chi connectivity index (χ2n) is 5.48. The van der Waals surface area contributed by atoms with Crippen LogP contribution in [0.5, 0.6) is 0 Å². The van der Waals surface area contributed by atoms with E-state index in [0.29, 0.717) is 0 Å². The zero-order valence-electron chi connectivity index (χ0n) is 12.5. The maximum absolute atomic E-state index is 13.6. The zero-order chi connectivity index (χ0) is 16.2. The van der Waals surface area contributed by atoms with Gasteiger partial charge >= 0.3 is 0 Å². The molecule has 5 heteroatoms. The summed E-state index contributed by atoms with van der Waals surface area (Å²) in [5, 5.41) is 12.6. The van der Waals surface area contributed by atoms with Gasteiger partial charge in [-0.15, -0.1) is 11.8 Å². The van der Waals surface area contributed by atoms with E-state index in [-0.39, 0.29) is 23.3 Å². The van der Waals surface area contributed by atoms with Gasteiger partial charge in [0.25, 0.3) is 0 Å². The fraction of sp³-hybridized carbons (Fsp3) is 0.278. The first-order valence-electron chi connectivity index (χ1n) is 7.56. The number of carbonyl (C=O) groups excluding carboxylic acids is 1. The Morgan fingerprint density at radius 2 is 2.00 bits per heavy atom. The van der Waals surface area contributed by atoms with Crippen molar-refractivity contribution < 1.29 is 14.3 Å². The second-order valence-corrected chi connectivity index (χ2v) is 6.70. The number of carbonyl (C=O) groups is 1. The molecule has 0 aromatic heterocycles. The summed E-state index contributed by atoms with van der Waals surface area (Å²) in [5.41, 5.74) is 2.42. The van der Waals surface area contributed by atoms with E-state index in [1.165, 1.54) is 17.7 Å². The summed E-state index contributed by atoms with van der Waals surface area (Å²) in [6, 6.07) is 14.0. The zero-order valence-corrected chi connectivity index (χ0v) is 13.4. The Bertz CT molecular complexity index is 707. The SMILES string of the molecule is O=C(NCC(O)c1ccccc1F)C1SCCc2ccccc21. The van der Waals surface area contributed by atoms with E-state index in [2.05, 4.69) is 5.32 Å². The minimum Gasteiger partial charge on any atom is -0.386 e. The number of hydrogen-bond donors (Lipinski definition) is 2. The van der Waals surface area contributed by atoms with Crippen LogP contribution in [0.1, 0.15) is 28.0 Å². The van der Waals surface area contributed by atoms with Crippen LogP contribution >= 0.6 is 11.8 Å². The predicted molar refractivity (Wildman–Crippen MR) is 89.7 cm³/mol. The van der Waals surface area contributed by atoms with Crippen molar-refractivity contribution in [2.45, 2.75) is 17.8 Å². The largest absolute Gasteiger partial charge is 0.386 e. The molecule has 23 heavy (non-hydrogen) atoms. The second kappa shape index (κ2) is 7.15. The normalized spacial score (nSPS) is 18.1. The number of thioether (sulfide) groups is 1. The highest BCUT2D eigenvalue weighted by molar-refractivity contribution is 8.00. The first-order chi connectivity index (χ1) is 11.2. The van der Waals surface area contributed by atoms with Gasteiger partial charge in [0.2, 0.25) is 5.91 Å². The maximum atomic E-state index is 13.6. The number of amides is 1. The molecule has 0 fully saturated rings. The van der Waals surface area contributed by atoms with Crippen LogP contribution in [0.2, 0.25) is 0 Å². The quantitative estimate of drug-likeness (QED) is 0.905. The minimum absolute atomic E-state index is 0.000998. The van der Waals surface area contributed by atoms with Crippen molar-refractivity contribution in [1.29, 1.82) is 0 Å². The summed E-state index contributed by atoms with van der Waals surface area (Å²) in [4.78, 5) is 12.4. The van der Waals surface area contributed by atoms with E-state index in [1.54, 1.807) is 23.9 Å². The maximum Gasteiger partial charge on any atom is 0.237 e. The molecule has 3 rings (SSSR count).